The summed E-state index contributed by atoms with van der Waals surface area (Å²) in [6.07, 6.45) is 1.83. The zero-order valence-electron chi connectivity index (χ0n) is 14.3. The van der Waals surface area contributed by atoms with E-state index in [0.717, 1.165) is 0 Å². The Morgan fingerprint density at radius 3 is 2.73 bits per heavy atom. The van der Waals surface area contributed by atoms with Crippen molar-refractivity contribution in [2.45, 2.75) is 11.7 Å². The van der Waals surface area contributed by atoms with Gasteiger partial charge in [-0.2, -0.15) is 0 Å². The fourth-order valence-corrected chi connectivity index (χ4v) is 5.27. The SMILES string of the molecule is COc1ncccc1C(=O)N1CCC(c2ccccc2Cl)S(=O)(=O)CC1. The number of amides is 1. The van der Waals surface area contributed by atoms with Gasteiger partial charge in [0, 0.05) is 24.3 Å². The van der Waals surface area contributed by atoms with Crippen LogP contribution in [0.5, 0.6) is 5.88 Å². The van der Waals surface area contributed by atoms with E-state index in [0.29, 0.717) is 29.1 Å². The van der Waals surface area contributed by atoms with Crippen LogP contribution in [0.2, 0.25) is 5.02 Å². The van der Waals surface area contributed by atoms with E-state index in [4.69, 9.17) is 16.3 Å². The molecular formula is C18H19ClN2O4S. The maximum absolute atomic E-state index is 12.8. The number of halogens is 1. The van der Waals surface area contributed by atoms with Crippen LogP contribution < -0.4 is 4.74 Å². The van der Waals surface area contributed by atoms with Gasteiger partial charge in [0.15, 0.2) is 9.84 Å². The van der Waals surface area contributed by atoms with Crippen LogP contribution in [0.3, 0.4) is 0 Å². The number of carbonyl (C=O) groups is 1. The van der Waals surface area contributed by atoms with Crippen LogP contribution in [0.1, 0.15) is 27.6 Å². The van der Waals surface area contributed by atoms with E-state index in [-0.39, 0.29) is 24.1 Å². The smallest absolute Gasteiger partial charge is 0.259 e. The lowest BCUT2D eigenvalue weighted by atomic mass is 10.1. The molecule has 1 aromatic heterocycles. The summed E-state index contributed by atoms with van der Waals surface area (Å²) in [7, 11) is -1.98. The molecule has 0 bridgehead atoms. The highest BCUT2D eigenvalue weighted by Crippen LogP contribution is 2.34. The molecule has 1 aliphatic rings. The van der Waals surface area contributed by atoms with Crippen molar-refractivity contribution >= 4 is 27.3 Å². The van der Waals surface area contributed by atoms with Crippen LogP contribution >= 0.6 is 11.6 Å². The molecule has 6 nitrogen and oxygen atoms in total. The molecular weight excluding hydrogens is 376 g/mol. The Kier molecular flexibility index (Phi) is 5.48. The molecule has 0 N–H and O–H groups in total. The third-order valence-corrected chi connectivity index (χ3v) is 6.93. The largest absolute Gasteiger partial charge is 0.480 e. The van der Waals surface area contributed by atoms with Crippen LogP contribution in [0.15, 0.2) is 42.6 Å². The van der Waals surface area contributed by atoms with Crippen molar-refractivity contribution in [3.8, 4) is 5.88 Å². The quantitative estimate of drug-likeness (QED) is 0.800. The first-order valence-electron chi connectivity index (χ1n) is 8.18. The standard InChI is InChI=1S/C18H19ClN2O4S/c1-25-17-14(6-4-9-20-17)18(22)21-10-8-16(26(23,24)12-11-21)13-5-2-3-7-15(13)19/h2-7,9,16H,8,10-12H2,1H3. The van der Waals surface area contributed by atoms with E-state index in [2.05, 4.69) is 4.98 Å². The average molecular weight is 395 g/mol. The zero-order valence-corrected chi connectivity index (χ0v) is 15.8. The van der Waals surface area contributed by atoms with Gasteiger partial charge in [0.1, 0.15) is 5.56 Å². The predicted octanol–water partition coefficient (Wildman–Crippen LogP) is 2.75. The van der Waals surface area contributed by atoms with E-state index >= 15 is 0 Å². The molecule has 1 atom stereocenters. The van der Waals surface area contributed by atoms with Gasteiger partial charge in [-0.15, -0.1) is 0 Å². The lowest BCUT2D eigenvalue weighted by Crippen LogP contribution is -2.33. The van der Waals surface area contributed by atoms with Gasteiger partial charge in [-0.1, -0.05) is 29.8 Å². The average Bonchev–Trinajstić information content (AvgIpc) is 2.80. The molecule has 1 unspecified atom stereocenters. The second-order valence-corrected chi connectivity index (χ2v) is 8.73. The topological polar surface area (TPSA) is 76.6 Å². The maximum Gasteiger partial charge on any atom is 0.259 e. The number of rotatable bonds is 3. The number of aromatic nitrogens is 1. The van der Waals surface area contributed by atoms with E-state index < -0.39 is 15.1 Å². The van der Waals surface area contributed by atoms with Gasteiger partial charge in [0.05, 0.1) is 18.1 Å². The molecule has 1 aromatic carbocycles. The summed E-state index contributed by atoms with van der Waals surface area (Å²) < 4.78 is 30.6. The Morgan fingerprint density at radius 1 is 1.23 bits per heavy atom. The second-order valence-electron chi connectivity index (χ2n) is 6.02. The normalized spacial score (nSPS) is 19.6. The molecule has 26 heavy (non-hydrogen) atoms. The molecule has 0 saturated carbocycles. The summed E-state index contributed by atoms with van der Waals surface area (Å²) in [5.41, 5.74) is 0.908. The summed E-state index contributed by atoms with van der Waals surface area (Å²) in [6.45, 7) is 0.437. The van der Waals surface area contributed by atoms with E-state index in [9.17, 15) is 13.2 Å². The fourth-order valence-electron chi connectivity index (χ4n) is 3.12. The summed E-state index contributed by atoms with van der Waals surface area (Å²) in [5, 5.41) is -0.292. The van der Waals surface area contributed by atoms with E-state index in [1.165, 1.54) is 18.2 Å². The molecule has 1 amide bonds. The van der Waals surface area contributed by atoms with Crippen molar-refractivity contribution < 1.29 is 17.9 Å². The summed E-state index contributed by atoms with van der Waals surface area (Å²) >= 11 is 6.20. The fraction of sp³-hybridized carbons (Fsp3) is 0.333. The Morgan fingerprint density at radius 2 is 2.00 bits per heavy atom. The Hall–Kier alpha value is -2.12. The van der Waals surface area contributed by atoms with Gasteiger partial charge < -0.3 is 9.64 Å². The third-order valence-electron chi connectivity index (χ3n) is 4.47. The number of sulfone groups is 1. The van der Waals surface area contributed by atoms with Crippen molar-refractivity contribution in [1.82, 2.24) is 9.88 Å². The number of benzene rings is 1. The van der Waals surface area contributed by atoms with Crippen LogP contribution in [0.25, 0.3) is 0 Å². The maximum atomic E-state index is 12.8. The van der Waals surface area contributed by atoms with Crippen molar-refractivity contribution in [3.05, 3.63) is 58.7 Å². The highest BCUT2D eigenvalue weighted by Gasteiger charge is 2.34. The third kappa shape index (κ3) is 3.68. The molecule has 2 aromatic rings. The lowest BCUT2D eigenvalue weighted by molar-refractivity contribution is 0.0762. The van der Waals surface area contributed by atoms with E-state index in [1.54, 1.807) is 36.4 Å². The van der Waals surface area contributed by atoms with Crippen molar-refractivity contribution in [2.24, 2.45) is 0 Å². The molecule has 1 saturated heterocycles. The summed E-state index contributed by atoms with van der Waals surface area (Å²) in [4.78, 5) is 18.4. The number of ether oxygens (including phenoxy) is 1. The number of nitrogens with zero attached hydrogens (tertiary/aromatic N) is 2. The molecule has 3 rings (SSSR count). The van der Waals surface area contributed by atoms with Crippen molar-refractivity contribution in [1.29, 1.82) is 0 Å². The lowest BCUT2D eigenvalue weighted by Gasteiger charge is -2.21. The minimum absolute atomic E-state index is 0.114. The summed E-state index contributed by atoms with van der Waals surface area (Å²) in [5.74, 6) is -0.172. The highest BCUT2D eigenvalue weighted by atomic mass is 35.5. The number of carbonyl (C=O) groups excluding carboxylic acids is 1. The van der Waals surface area contributed by atoms with Crippen molar-refractivity contribution in [2.75, 3.05) is 26.0 Å². The van der Waals surface area contributed by atoms with Crippen LogP contribution in [0.4, 0.5) is 0 Å². The number of hydrogen-bond acceptors (Lipinski definition) is 5. The Balaban J connectivity index is 1.87. The van der Waals surface area contributed by atoms with Gasteiger partial charge in [-0.25, -0.2) is 13.4 Å². The van der Waals surface area contributed by atoms with Crippen LogP contribution in [-0.2, 0) is 9.84 Å². The first kappa shape index (κ1) is 18.7. The van der Waals surface area contributed by atoms with Crippen LogP contribution in [-0.4, -0.2) is 50.2 Å². The Labute approximate surface area is 157 Å². The van der Waals surface area contributed by atoms with Gasteiger partial charge in [0.25, 0.3) is 5.91 Å². The van der Waals surface area contributed by atoms with E-state index in [1.807, 2.05) is 0 Å². The molecule has 0 aliphatic carbocycles. The Bertz CT molecular complexity index is 917. The van der Waals surface area contributed by atoms with Crippen LogP contribution in [0, 0.1) is 0 Å². The monoisotopic (exact) mass is 394 g/mol. The van der Waals surface area contributed by atoms with Gasteiger partial charge in [0.2, 0.25) is 5.88 Å². The molecule has 8 heteroatoms. The number of methoxy groups -OCH3 is 1. The molecule has 2 heterocycles. The van der Waals surface area contributed by atoms with Gasteiger partial charge in [-0.05, 0) is 30.2 Å². The first-order valence-corrected chi connectivity index (χ1v) is 10.3. The molecule has 138 valence electrons. The predicted molar refractivity (Wildman–Crippen MR) is 99.3 cm³/mol. The first-order chi connectivity index (χ1) is 12.4. The summed E-state index contributed by atoms with van der Waals surface area (Å²) in [6, 6.07) is 10.2. The second kappa shape index (κ2) is 7.63. The molecule has 0 spiro atoms. The molecule has 1 aliphatic heterocycles. The minimum Gasteiger partial charge on any atom is -0.480 e. The zero-order chi connectivity index (χ0) is 18.7. The van der Waals surface area contributed by atoms with Crippen molar-refractivity contribution in [3.63, 3.8) is 0 Å². The van der Waals surface area contributed by atoms with Gasteiger partial charge in [-0.3, -0.25) is 4.79 Å². The highest BCUT2D eigenvalue weighted by molar-refractivity contribution is 7.91. The number of pyridine rings is 1. The minimum atomic E-state index is -3.43. The molecule has 0 radical (unpaired) electrons. The molecule has 1 fully saturated rings. The number of hydrogen-bond donors (Lipinski definition) is 0. The van der Waals surface area contributed by atoms with Gasteiger partial charge >= 0.3 is 0 Å².